The van der Waals surface area contributed by atoms with Crippen molar-refractivity contribution in [3.05, 3.63) is 127 Å². The summed E-state index contributed by atoms with van der Waals surface area (Å²) in [6.07, 6.45) is 13.1. The lowest BCUT2D eigenvalue weighted by Crippen LogP contribution is -2.10. The summed E-state index contributed by atoms with van der Waals surface area (Å²) in [6, 6.07) is 21.2. The van der Waals surface area contributed by atoms with Gasteiger partial charge in [0.05, 0.1) is 24.2 Å². The molecule has 0 bridgehead atoms. The molecule has 241 valence electrons. The molecule has 0 aliphatic heterocycles. The van der Waals surface area contributed by atoms with Gasteiger partial charge in [0, 0.05) is 37.2 Å². The Bertz CT molecular complexity index is 1600. The average molecular weight is 635 g/mol. The number of hydrogen-bond acceptors (Lipinski definition) is 9. The van der Waals surface area contributed by atoms with Crippen LogP contribution in [0, 0.1) is 0 Å². The normalized spacial score (nSPS) is 9.68. The molecule has 0 atom stereocenters. The van der Waals surface area contributed by atoms with Gasteiger partial charge in [0.2, 0.25) is 5.91 Å². The second-order valence-corrected chi connectivity index (χ2v) is 9.68. The molecule has 3 aromatic carbocycles. The van der Waals surface area contributed by atoms with Crippen LogP contribution in [0.25, 0.3) is 34.0 Å². The Hall–Kier alpha value is -5.75. The number of aromatic carboxylic acids is 1. The van der Waals surface area contributed by atoms with Crippen LogP contribution >= 0.6 is 0 Å². The number of carboxylic acids is 1. The number of nitrogens with two attached hydrogens (primary N) is 2. The molecule has 5 N–H and O–H groups in total. The van der Waals surface area contributed by atoms with E-state index in [4.69, 9.17) is 29.8 Å². The van der Waals surface area contributed by atoms with Crippen LogP contribution in [-0.4, -0.2) is 40.3 Å². The second-order valence-electron chi connectivity index (χ2n) is 9.68. The van der Waals surface area contributed by atoms with E-state index < -0.39 is 11.9 Å². The van der Waals surface area contributed by atoms with Crippen LogP contribution < -0.4 is 11.5 Å². The molecule has 11 nitrogen and oxygen atoms in total. The number of primary amides is 1. The summed E-state index contributed by atoms with van der Waals surface area (Å²) < 4.78 is 15.3. The van der Waals surface area contributed by atoms with Crippen molar-refractivity contribution in [1.82, 2.24) is 15.0 Å². The van der Waals surface area contributed by atoms with E-state index in [1.54, 1.807) is 55.0 Å². The number of rotatable bonds is 8. The largest absolute Gasteiger partial charge is 0.478 e. The van der Waals surface area contributed by atoms with Gasteiger partial charge >= 0.3 is 5.97 Å². The number of aromatic nitrogens is 3. The fraction of sp³-hybridized carbons (Fsp3) is 0.171. The lowest BCUT2D eigenvalue weighted by atomic mass is 10.1. The minimum Gasteiger partial charge on any atom is -0.478 e. The quantitative estimate of drug-likeness (QED) is 0.146. The molecule has 3 heterocycles. The lowest BCUT2D eigenvalue weighted by Gasteiger charge is -1.97. The zero-order chi connectivity index (χ0) is 33.1. The highest BCUT2D eigenvalue weighted by molar-refractivity contribution is 5.93. The number of amides is 1. The van der Waals surface area contributed by atoms with Gasteiger partial charge in [-0.05, 0) is 29.8 Å². The molecule has 3 radical (unpaired) electrons. The van der Waals surface area contributed by atoms with Gasteiger partial charge in [-0.1, -0.05) is 81.6 Å². The number of benzene rings is 3. The number of oxazole rings is 3. The number of carbonyl (C=O) groups is 2. The molecule has 47 heavy (non-hydrogen) atoms. The molecule has 0 fully saturated rings. The SMILES string of the molecule is CCCCC.NC(=O)c1ccc(-c2cnco2)cc1.NCc1ccc(-c2cnco2)cc1.O=C(O)c1ccc(-c2cnco2)cc1.[B]. The molecule has 3 aromatic heterocycles. The Morgan fingerprint density at radius 1 is 0.638 bits per heavy atom. The van der Waals surface area contributed by atoms with Crippen molar-refractivity contribution in [2.24, 2.45) is 11.5 Å². The van der Waals surface area contributed by atoms with Crippen molar-refractivity contribution in [1.29, 1.82) is 0 Å². The number of carboxylic acid groups (broad SMARTS) is 1. The summed E-state index contributed by atoms with van der Waals surface area (Å²) in [4.78, 5) is 32.8. The number of carbonyl (C=O) groups excluding carboxylic acids is 1. The summed E-state index contributed by atoms with van der Waals surface area (Å²) in [5.74, 6) is 0.703. The maximum Gasteiger partial charge on any atom is 0.335 e. The molecule has 0 saturated heterocycles. The first-order valence-electron chi connectivity index (χ1n) is 14.5. The molecule has 0 saturated carbocycles. The predicted octanol–water partition coefficient (Wildman–Crippen LogP) is 7.10. The summed E-state index contributed by atoms with van der Waals surface area (Å²) in [5, 5.41) is 8.67. The fourth-order valence-electron chi connectivity index (χ4n) is 3.81. The Balaban J connectivity index is 0.000000227. The van der Waals surface area contributed by atoms with Gasteiger partial charge in [0.15, 0.2) is 36.5 Å². The zero-order valence-corrected chi connectivity index (χ0v) is 26.3. The van der Waals surface area contributed by atoms with Crippen LogP contribution in [-0.2, 0) is 6.54 Å². The van der Waals surface area contributed by atoms with E-state index in [-0.39, 0.29) is 14.0 Å². The van der Waals surface area contributed by atoms with E-state index in [9.17, 15) is 9.59 Å². The Kier molecular flexibility index (Phi) is 16.2. The Morgan fingerprint density at radius 3 is 1.26 bits per heavy atom. The standard InChI is InChI=1S/C10H8N2O2.C10H10N2O.C10H7NO3.C5H12.B/c11-10(13)8-3-1-7(2-4-8)9-5-12-6-14-9;11-5-8-1-3-9(4-2-8)10-6-12-7-13-10;12-10(13)8-3-1-7(2-4-8)9-5-11-6-14-9;1-3-5-4-2;/h1-6H,(H2,11,13);1-4,6-7H,5,11H2;1-6H,(H,12,13);3-5H2,1-2H3;. The average Bonchev–Trinajstić information content (AvgIpc) is 3.91. The first-order chi connectivity index (χ1) is 22.4. The highest BCUT2D eigenvalue weighted by Gasteiger charge is 2.05. The first kappa shape index (κ1) is 37.4. The van der Waals surface area contributed by atoms with Gasteiger partial charge in [-0.2, -0.15) is 0 Å². The topological polar surface area (TPSA) is 184 Å². The van der Waals surface area contributed by atoms with Crippen LogP contribution in [0.3, 0.4) is 0 Å². The Morgan fingerprint density at radius 2 is 1.00 bits per heavy atom. The summed E-state index contributed by atoms with van der Waals surface area (Å²) in [6.45, 7) is 4.99. The molecule has 12 heteroatoms. The van der Waals surface area contributed by atoms with Gasteiger partial charge in [0.1, 0.15) is 0 Å². The van der Waals surface area contributed by atoms with E-state index in [0.29, 0.717) is 23.6 Å². The fourth-order valence-corrected chi connectivity index (χ4v) is 3.81. The summed E-state index contributed by atoms with van der Waals surface area (Å²) >= 11 is 0. The predicted molar refractivity (Wildman–Crippen MR) is 180 cm³/mol. The van der Waals surface area contributed by atoms with Crippen LogP contribution in [0.5, 0.6) is 0 Å². The van der Waals surface area contributed by atoms with Crippen molar-refractivity contribution in [2.45, 2.75) is 39.7 Å². The summed E-state index contributed by atoms with van der Waals surface area (Å²) in [7, 11) is 0. The second kappa shape index (κ2) is 20.3. The smallest absolute Gasteiger partial charge is 0.335 e. The van der Waals surface area contributed by atoms with E-state index in [0.717, 1.165) is 28.0 Å². The maximum atomic E-state index is 10.8. The third-order valence-electron chi connectivity index (χ3n) is 6.35. The highest BCUT2D eigenvalue weighted by Crippen LogP contribution is 2.20. The number of unbranched alkanes of at least 4 members (excludes halogenated alkanes) is 2. The highest BCUT2D eigenvalue weighted by atomic mass is 16.4. The van der Waals surface area contributed by atoms with Crippen molar-refractivity contribution in [3.63, 3.8) is 0 Å². The van der Waals surface area contributed by atoms with Crippen LogP contribution in [0.1, 0.15) is 59.4 Å². The third kappa shape index (κ3) is 12.3. The molecular weight excluding hydrogens is 597 g/mol. The monoisotopic (exact) mass is 634 g/mol. The number of nitrogens with zero attached hydrogens (tertiary/aromatic N) is 3. The lowest BCUT2D eigenvalue weighted by molar-refractivity contribution is 0.0696. The molecule has 0 unspecified atom stereocenters. The Labute approximate surface area is 275 Å². The number of hydrogen-bond donors (Lipinski definition) is 3. The van der Waals surface area contributed by atoms with E-state index in [1.807, 2.05) is 24.3 Å². The molecular formula is C35H37BN5O6. The first-order valence-corrected chi connectivity index (χ1v) is 14.5. The van der Waals surface area contributed by atoms with E-state index >= 15 is 0 Å². The molecule has 6 rings (SSSR count). The van der Waals surface area contributed by atoms with E-state index in [2.05, 4.69) is 28.8 Å². The van der Waals surface area contributed by atoms with Crippen LogP contribution in [0.15, 0.2) is 124 Å². The van der Waals surface area contributed by atoms with Gasteiger partial charge < -0.3 is 29.8 Å². The third-order valence-corrected chi connectivity index (χ3v) is 6.35. The molecule has 0 spiro atoms. The molecule has 0 aliphatic rings. The molecule has 6 aromatic rings. The van der Waals surface area contributed by atoms with Crippen LogP contribution in [0.4, 0.5) is 0 Å². The van der Waals surface area contributed by atoms with E-state index in [1.165, 1.54) is 50.6 Å². The van der Waals surface area contributed by atoms with Gasteiger partial charge in [-0.15, -0.1) is 0 Å². The van der Waals surface area contributed by atoms with Crippen LogP contribution in [0.2, 0.25) is 0 Å². The molecule has 1 amide bonds. The zero-order valence-electron chi connectivity index (χ0n) is 26.3. The van der Waals surface area contributed by atoms with Crippen molar-refractivity contribution in [3.8, 4) is 34.0 Å². The van der Waals surface area contributed by atoms with Gasteiger partial charge in [-0.25, -0.2) is 19.7 Å². The van der Waals surface area contributed by atoms with Crippen molar-refractivity contribution >= 4 is 20.3 Å². The minimum atomic E-state index is -0.936. The van der Waals surface area contributed by atoms with Gasteiger partial charge in [0.25, 0.3) is 0 Å². The summed E-state index contributed by atoms with van der Waals surface area (Å²) in [5.41, 5.74) is 15.1. The van der Waals surface area contributed by atoms with Crippen molar-refractivity contribution < 1.29 is 27.9 Å². The van der Waals surface area contributed by atoms with Crippen molar-refractivity contribution in [2.75, 3.05) is 0 Å². The molecule has 0 aliphatic carbocycles. The maximum absolute atomic E-state index is 10.8. The van der Waals surface area contributed by atoms with Gasteiger partial charge in [-0.3, -0.25) is 4.79 Å². The minimum absolute atomic E-state index is 0.